The Morgan fingerprint density at radius 1 is 1.14 bits per heavy atom. The number of hydrogen-bond acceptors (Lipinski definition) is 3. The van der Waals surface area contributed by atoms with E-state index < -0.39 is 0 Å². The molecule has 1 saturated heterocycles. The SMILES string of the molecule is NCC1CCN(C2CCCC2O)CC1. The Morgan fingerprint density at radius 2 is 1.86 bits per heavy atom. The minimum Gasteiger partial charge on any atom is -0.391 e. The molecule has 2 fully saturated rings. The summed E-state index contributed by atoms with van der Waals surface area (Å²) in [6.45, 7) is 3.12. The van der Waals surface area contributed by atoms with Gasteiger partial charge < -0.3 is 10.8 Å². The van der Waals surface area contributed by atoms with Gasteiger partial charge in [0.05, 0.1) is 6.10 Å². The van der Waals surface area contributed by atoms with Gasteiger partial charge in [-0.3, -0.25) is 4.90 Å². The van der Waals surface area contributed by atoms with Crippen LogP contribution in [0.2, 0.25) is 0 Å². The molecule has 1 aliphatic heterocycles. The van der Waals surface area contributed by atoms with Gasteiger partial charge in [-0.15, -0.1) is 0 Å². The highest BCUT2D eigenvalue weighted by atomic mass is 16.3. The van der Waals surface area contributed by atoms with E-state index in [0.29, 0.717) is 6.04 Å². The molecule has 0 aromatic rings. The Kier molecular flexibility index (Phi) is 3.42. The van der Waals surface area contributed by atoms with E-state index in [2.05, 4.69) is 4.90 Å². The highest BCUT2D eigenvalue weighted by Gasteiger charge is 2.32. The van der Waals surface area contributed by atoms with E-state index in [0.717, 1.165) is 32.0 Å². The third kappa shape index (κ3) is 2.10. The third-order valence-corrected chi connectivity index (χ3v) is 3.90. The zero-order valence-corrected chi connectivity index (χ0v) is 8.86. The van der Waals surface area contributed by atoms with Gasteiger partial charge in [-0.1, -0.05) is 0 Å². The zero-order valence-electron chi connectivity index (χ0n) is 8.86. The molecule has 0 radical (unpaired) electrons. The van der Waals surface area contributed by atoms with E-state index in [9.17, 15) is 5.11 Å². The van der Waals surface area contributed by atoms with Gasteiger partial charge in [0, 0.05) is 6.04 Å². The van der Waals surface area contributed by atoms with Crippen LogP contribution in [0.1, 0.15) is 32.1 Å². The molecule has 14 heavy (non-hydrogen) atoms. The maximum atomic E-state index is 9.80. The van der Waals surface area contributed by atoms with Crippen LogP contribution in [-0.4, -0.2) is 41.8 Å². The van der Waals surface area contributed by atoms with E-state index >= 15 is 0 Å². The molecule has 3 N–H and O–H groups in total. The van der Waals surface area contributed by atoms with Crippen LogP contribution in [0.15, 0.2) is 0 Å². The Hall–Kier alpha value is -0.120. The Bertz CT molecular complexity index is 178. The molecule has 2 aliphatic rings. The van der Waals surface area contributed by atoms with Gasteiger partial charge in [0.2, 0.25) is 0 Å². The summed E-state index contributed by atoms with van der Waals surface area (Å²) < 4.78 is 0. The van der Waals surface area contributed by atoms with Gasteiger partial charge in [0.15, 0.2) is 0 Å². The summed E-state index contributed by atoms with van der Waals surface area (Å²) >= 11 is 0. The fourth-order valence-electron chi connectivity index (χ4n) is 2.87. The summed E-state index contributed by atoms with van der Waals surface area (Å²) in [6, 6.07) is 0.453. The van der Waals surface area contributed by atoms with Crippen LogP contribution >= 0.6 is 0 Å². The van der Waals surface area contributed by atoms with Crippen molar-refractivity contribution in [1.82, 2.24) is 4.90 Å². The van der Waals surface area contributed by atoms with Crippen molar-refractivity contribution in [3.05, 3.63) is 0 Å². The lowest BCUT2D eigenvalue weighted by atomic mass is 9.95. The fraction of sp³-hybridized carbons (Fsp3) is 1.00. The number of likely N-dealkylation sites (tertiary alicyclic amines) is 1. The lowest BCUT2D eigenvalue weighted by Crippen LogP contribution is -2.45. The summed E-state index contributed by atoms with van der Waals surface area (Å²) in [4.78, 5) is 2.48. The van der Waals surface area contributed by atoms with Crippen molar-refractivity contribution in [2.45, 2.75) is 44.2 Å². The van der Waals surface area contributed by atoms with Crippen LogP contribution in [0.5, 0.6) is 0 Å². The lowest BCUT2D eigenvalue weighted by molar-refractivity contribution is 0.0491. The monoisotopic (exact) mass is 198 g/mol. The van der Waals surface area contributed by atoms with Crippen molar-refractivity contribution in [1.29, 1.82) is 0 Å². The molecule has 0 bridgehead atoms. The molecular formula is C11H22N2O. The van der Waals surface area contributed by atoms with E-state index in [1.807, 2.05) is 0 Å². The predicted molar refractivity (Wildman–Crippen MR) is 57.0 cm³/mol. The first kappa shape index (κ1) is 10.4. The predicted octanol–water partition coefficient (Wildman–Crippen LogP) is 0.570. The molecule has 1 saturated carbocycles. The maximum absolute atomic E-state index is 9.80. The van der Waals surface area contributed by atoms with Crippen LogP contribution in [-0.2, 0) is 0 Å². The Morgan fingerprint density at radius 3 is 2.36 bits per heavy atom. The first-order valence-corrected chi connectivity index (χ1v) is 5.93. The number of hydrogen-bond donors (Lipinski definition) is 2. The molecule has 1 aliphatic carbocycles. The number of nitrogens with two attached hydrogens (primary N) is 1. The molecular weight excluding hydrogens is 176 g/mol. The van der Waals surface area contributed by atoms with Gasteiger partial charge in [-0.05, 0) is 57.7 Å². The van der Waals surface area contributed by atoms with Gasteiger partial charge >= 0.3 is 0 Å². The fourth-order valence-corrected chi connectivity index (χ4v) is 2.87. The highest BCUT2D eigenvalue weighted by Crippen LogP contribution is 2.27. The lowest BCUT2D eigenvalue weighted by Gasteiger charge is -2.36. The van der Waals surface area contributed by atoms with Crippen molar-refractivity contribution >= 4 is 0 Å². The van der Waals surface area contributed by atoms with Gasteiger partial charge in [-0.2, -0.15) is 0 Å². The second kappa shape index (κ2) is 4.60. The summed E-state index contributed by atoms with van der Waals surface area (Å²) in [5.41, 5.74) is 5.66. The number of nitrogens with zero attached hydrogens (tertiary/aromatic N) is 1. The molecule has 3 nitrogen and oxygen atoms in total. The summed E-state index contributed by atoms with van der Waals surface area (Å²) in [6.07, 6.45) is 5.77. The first-order chi connectivity index (χ1) is 6.81. The van der Waals surface area contributed by atoms with Crippen LogP contribution in [0.25, 0.3) is 0 Å². The summed E-state index contributed by atoms with van der Waals surface area (Å²) in [5, 5.41) is 9.80. The number of rotatable bonds is 2. The van der Waals surface area contributed by atoms with Gasteiger partial charge in [0.25, 0.3) is 0 Å². The molecule has 3 heteroatoms. The van der Waals surface area contributed by atoms with Crippen LogP contribution < -0.4 is 5.73 Å². The normalized spacial score (nSPS) is 36.4. The average molecular weight is 198 g/mol. The summed E-state index contributed by atoms with van der Waals surface area (Å²) in [7, 11) is 0. The average Bonchev–Trinajstić information content (AvgIpc) is 2.65. The largest absolute Gasteiger partial charge is 0.391 e. The number of aliphatic hydroxyl groups excluding tert-OH is 1. The van der Waals surface area contributed by atoms with Crippen LogP contribution in [0.4, 0.5) is 0 Å². The van der Waals surface area contributed by atoms with Crippen LogP contribution in [0, 0.1) is 5.92 Å². The van der Waals surface area contributed by atoms with Crippen molar-refractivity contribution in [2.75, 3.05) is 19.6 Å². The Labute approximate surface area is 86.3 Å². The second-order valence-electron chi connectivity index (χ2n) is 4.78. The van der Waals surface area contributed by atoms with E-state index in [1.54, 1.807) is 0 Å². The smallest absolute Gasteiger partial charge is 0.0695 e. The van der Waals surface area contributed by atoms with E-state index in [4.69, 9.17) is 5.73 Å². The molecule has 0 amide bonds. The minimum atomic E-state index is -0.0653. The zero-order chi connectivity index (χ0) is 9.97. The Balaban J connectivity index is 1.82. The van der Waals surface area contributed by atoms with Crippen molar-refractivity contribution in [3.63, 3.8) is 0 Å². The summed E-state index contributed by atoms with van der Waals surface area (Å²) in [5.74, 6) is 0.727. The molecule has 2 atom stereocenters. The van der Waals surface area contributed by atoms with Crippen LogP contribution in [0.3, 0.4) is 0 Å². The highest BCUT2D eigenvalue weighted by molar-refractivity contribution is 4.87. The molecule has 2 rings (SSSR count). The molecule has 82 valence electrons. The van der Waals surface area contributed by atoms with Crippen molar-refractivity contribution in [3.8, 4) is 0 Å². The minimum absolute atomic E-state index is 0.0653. The number of piperidine rings is 1. The number of aliphatic hydroxyl groups is 1. The molecule has 1 heterocycles. The van der Waals surface area contributed by atoms with E-state index in [-0.39, 0.29) is 6.10 Å². The third-order valence-electron chi connectivity index (χ3n) is 3.90. The quantitative estimate of drug-likeness (QED) is 0.682. The van der Waals surface area contributed by atoms with Gasteiger partial charge in [-0.25, -0.2) is 0 Å². The topological polar surface area (TPSA) is 49.5 Å². The molecule has 0 spiro atoms. The first-order valence-electron chi connectivity index (χ1n) is 5.93. The molecule has 0 aromatic heterocycles. The van der Waals surface area contributed by atoms with Crippen molar-refractivity contribution in [2.24, 2.45) is 11.7 Å². The maximum Gasteiger partial charge on any atom is 0.0695 e. The standard InChI is InChI=1S/C11H22N2O/c12-8-9-4-6-13(7-5-9)10-2-1-3-11(10)14/h9-11,14H,1-8,12H2. The van der Waals surface area contributed by atoms with Gasteiger partial charge in [0.1, 0.15) is 0 Å². The van der Waals surface area contributed by atoms with E-state index in [1.165, 1.54) is 25.7 Å². The molecule has 0 aromatic carbocycles. The second-order valence-corrected chi connectivity index (χ2v) is 4.78. The molecule has 2 unspecified atom stereocenters. The van der Waals surface area contributed by atoms with Crippen molar-refractivity contribution < 1.29 is 5.11 Å².